The minimum absolute atomic E-state index is 0.359. The quantitative estimate of drug-likeness (QED) is 0.852. The summed E-state index contributed by atoms with van der Waals surface area (Å²) in [6.07, 6.45) is 0.902. The molecule has 0 aliphatic rings. The molecule has 21 heavy (non-hydrogen) atoms. The first-order valence-electron chi connectivity index (χ1n) is 6.55. The third-order valence-corrected chi connectivity index (χ3v) is 2.93. The number of anilines is 2. The van der Waals surface area contributed by atoms with Crippen molar-refractivity contribution in [2.24, 2.45) is 0 Å². The Morgan fingerprint density at radius 3 is 1.71 bits per heavy atom. The van der Waals surface area contributed by atoms with Gasteiger partial charge in [-0.15, -0.1) is 0 Å². The number of amides is 2. The van der Waals surface area contributed by atoms with Crippen LogP contribution in [0.5, 0.6) is 0 Å². The van der Waals surface area contributed by atoms with Crippen molar-refractivity contribution in [3.8, 4) is 0 Å². The summed E-state index contributed by atoms with van der Waals surface area (Å²) < 4.78 is 12.7. The van der Waals surface area contributed by atoms with E-state index in [9.17, 15) is 14.0 Å². The van der Waals surface area contributed by atoms with Gasteiger partial charge in [0.1, 0.15) is 5.82 Å². The first-order chi connectivity index (χ1) is 10.1. The van der Waals surface area contributed by atoms with E-state index in [0.29, 0.717) is 11.4 Å². The zero-order chi connectivity index (χ0) is 15.2. The highest BCUT2D eigenvalue weighted by atomic mass is 19.1. The van der Waals surface area contributed by atoms with Crippen LogP contribution >= 0.6 is 0 Å². The molecule has 108 valence electrons. The molecule has 4 nitrogen and oxygen atoms in total. The summed E-state index contributed by atoms with van der Waals surface area (Å²) in [5.74, 6) is -1.99. The Labute approximate surface area is 122 Å². The van der Waals surface area contributed by atoms with Crippen LogP contribution < -0.4 is 10.6 Å². The highest BCUT2D eigenvalue weighted by Crippen LogP contribution is 2.11. The van der Waals surface area contributed by atoms with Crippen molar-refractivity contribution in [2.45, 2.75) is 13.3 Å². The van der Waals surface area contributed by atoms with Crippen molar-refractivity contribution in [3.05, 3.63) is 59.9 Å². The molecule has 0 heterocycles. The van der Waals surface area contributed by atoms with E-state index in [0.717, 1.165) is 12.0 Å². The van der Waals surface area contributed by atoms with Crippen LogP contribution in [0.25, 0.3) is 0 Å². The molecule has 0 bridgehead atoms. The third kappa shape index (κ3) is 4.14. The van der Waals surface area contributed by atoms with E-state index in [2.05, 4.69) is 10.6 Å². The lowest BCUT2D eigenvalue weighted by Crippen LogP contribution is -2.29. The summed E-state index contributed by atoms with van der Waals surface area (Å²) in [5.41, 5.74) is 2.05. The van der Waals surface area contributed by atoms with E-state index in [1.54, 1.807) is 12.1 Å². The third-order valence-electron chi connectivity index (χ3n) is 2.93. The maximum atomic E-state index is 12.7. The first-order valence-corrected chi connectivity index (χ1v) is 6.55. The molecule has 0 spiro atoms. The van der Waals surface area contributed by atoms with Crippen molar-refractivity contribution in [1.82, 2.24) is 0 Å². The Morgan fingerprint density at radius 1 is 0.857 bits per heavy atom. The molecule has 0 aliphatic heterocycles. The zero-order valence-corrected chi connectivity index (χ0v) is 11.5. The maximum absolute atomic E-state index is 12.7. The summed E-state index contributed by atoms with van der Waals surface area (Å²) in [5, 5.41) is 4.89. The molecule has 0 atom stereocenters. The molecule has 0 aliphatic carbocycles. The Bertz CT molecular complexity index is 636. The fourth-order valence-corrected chi connectivity index (χ4v) is 1.73. The highest BCUT2D eigenvalue weighted by molar-refractivity contribution is 6.43. The number of rotatable bonds is 3. The van der Waals surface area contributed by atoms with E-state index in [-0.39, 0.29) is 0 Å². The summed E-state index contributed by atoms with van der Waals surface area (Å²) in [6, 6.07) is 12.4. The SMILES string of the molecule is CCc1ccc(NC(=O)C(=O)Nc2ccc(F)cc2)cc1. The number of nitrogens with one attached hydrogen (secondary N) is 2. The van der Waals surface area contributed by atoms with E-state index in [4.69, 9.17) is 0 Å². The smallest absolute Gasteiger partial charge is 0.314 e. The predicted octanol–water partition coefficient (Wildman–Crippen LogP) is 2.97. The molecule has 0 aromatic heterocycles. The molecular weight excluding hydrogens is 271 g/mol. The van der Waals surface area contributed by atoms with Crippen LogP contribution in [0.1, 0.15) is 12.5 Å². The van der Waals surface area contributed by atoms with Crippen molar-refractivity contribution < 1.29 is 14.0 Å². The Balaban J connectivity index is 1.95. The molecule has 2 rings (SSSR count). The normalized spacial score (nSPS) is 10.0. The lowest BCUT2D eigenvalue weighted by molar-refractivity contribution is -0.132. The minimum Gasteiger partial charge on any atom is -0.318 e. The number of hydrogen-bond acceptors (Lipinski definition) is 2. The van der Waals surface area contributed by atoms with Crippen LogP contribution in [-0.4, -0.2) is 11.8 Å². The van der Waals surface area contributed by atoms with E-state index in [1.807, 2.05) is 19.1 Å². The fourth-order valence-electron chi connectivity index (χ4n) is 1.73. The molecule has 0 unspecified atom stereocenters. The standard InChI is InChI=1S/C16H15FN2O2/c1-2-11-3-7-13(8-4-11)18-15(20)16(21)19-14-9-5-12(17)6-10-14/h3-10H,2H2,1H3,(H,18,20)(H,19,21). The topological polar surface area (TPSA) is 58.2 Å². The van der Waals surface area contributed by atoms with Gasteiger partial charge in [-0.2, -0.15) is 0 Å². The molecule has 2 N–H and O–H groups in total. The van der Waals surface area contributed by atoms with E-state index in [1.165, 1.54) is 24.3 Å². The molecule has 0 radical (unpaired) electrons. The predicted molar refractivity (Wildman–Crippen MR) is 79.5 cm³/mol. The van der Waals surface area contributed by atoms with Crippen molar-refractivity contribution in [3.63, 3.8) is 0 Å². The van der Waals surface area contributed by atoms with Crippen LogP contribution in [0.4, 0.5) is 15.8 Å². The molecular formula is C16H15FN2O2. The lowest BCUT2D eigenvalue weighted by atomic mass is 10.1. The molecule has 2 amide bonds. The van der Waals surface area contributed by atoms with Crippen LogP contribution in [0.3, 0.4) is 0 Å². The second kappa shape index (κ2) is 6.65. The first kappa shape index (κ1) is 14.7. The monoisotopic (exact) mass is 286 g/mol. The lowest BCUT2D eigenvalue weighted by Gasteiger charge is -2.07. The molecule has 0 fully saturated rings. The summed E-state index contributed by atoms with van der Waals surface area (Å²) in [6.45, 7) is 2.03. The molecule has 2 aromatic carbocycles. The van der Waals surface area contributed by atoms with Gasteiger partial charge in [-0.3, -0.25) is 9.59 Å². The van der Waals surface area contributed by atoms with Gasteiger partial charge >= 0.3 is 11.8 Å². The second-order valence-corrected chi connectivity index (χ2v) is 4.47. The summed E-state index contributed by atoms with van der Waals surface area (Å²) in [4.78, 5) is 23.4. The Morgan fingerprint density at radius 2 is 1.29 bits per heavy atom. The minimum atomic E-state index is -0.804. The molecule has 2 aromatic rings. The zero-order valence-electron chi connectivity index (χ0n) is 11.5. The molecule has 5 heteroatoms. The summed E-state index contributed by atoms with van der Waals surface area (Å²) >= 11 is 0. The van der Waals surface area contributed by atoms with Gasteiger partial charge in [-0.25, -0.2) is 4.39 Å². The molecule has 0 saturated heterocycles. The highest BCUT2D eigenvalue weighted by Gasteiger charge is 2.13. The van der Waals surface area contributed by atoms with Gasteiger partial charge in [0, 0.05) is 11.4 Å². The Kier molecular flexibility index (Phi) is 4.66. The van der Waals surface area contributed by atoms with Crippen LogP contribution in [0.2, 0.25) is 0 Å². The maximum Gasteiger partial charge on any atom is 0.314 e. The number of aryl methyl sites for hydroxylation is 1. The number of carbonyl (C=O) groups excluding carboxylic acids is 2. The van der Waals surface area contributed by atoms with E-state index < -0.39 is 17.6 Å². The summed E-state index contributed by atoms with van der Waals surface area (Å²) in [7, 11) is 0. The Hall–Kier alpha value is -2.69. The second-order valence-electron chi connectivity index (χ2n) is 4.47. The van der Waals surface area contributed by atoms with Gasteiger partial charge in [-0.1, -0.05) is 19.1 Å². The van der Waals surface area contributed by atoms with Gasteiger partial charge in [0.15, 0.2) is 0 Å². The number of halogens is 1. The average molecular weight is 286 g/mol. The van der Waals surface area contributed by atoms with Gasteiger partial charge < -0.3 is 10.6 Å². The van der Waals surface area contributed by atoms with Crippen molar-refractivity contribution in [1.29, 1.82) is 0 Å². The van der Waals surface area contributed by atoms with Gasteiger partial charge in [-0.05, 0) is 48.4 Å². The number of benzene rings is 2. The van der Waals surface area contributed by atoms with Gasteiger partial charge in [0.05, 0.1) is 0 Å². The largest absolute Gasteiger partial charge is 0.318 e. The van der Waals surface area contributed by atoms with Crippen LogP contribution in [0, 0.1) is 5.82 Å². The van der Waals surface area contributed by atoms with Gasteiger partial charge in [0.25, 0.3) is 0 Å². The fraction of sp³-hybridized carbons (Fsp3) is 0.125. The van der Waals surface area contributed by atoms with Crippen molar-refractivity contribution in [2.75, 3.05) is 10.6 Å². The van der Waals surface area contributed by atoms with Gasteiger partial charge in [0.2, 0.25) is 0 Å². The van der Waals surface area contributed by atoms with Crippen LogP contribution in [0.15, 0.2) is 48.5 Å². The average Bonchev–Trinajstić information content (AvgIpc) is 2.50. The van der Waals surface area contributed by atoms with Crippen molar-refractivity contribution >= 4 is 23.2 Å². The number of hydrogen-bond donors (Lipinski definition) is 2. The molecule has 0 saturated carbocycles. The van der Waals surface area contributed by atoms with E-state index >= 15 is 0 Å². The van der Waals surface area contributed by atoms with Crippen LogP contribution in [-0.2, 0) is 16.0 Å². The number of carbonyl (C=O) groups is 2.